The number of hydrogen-bond donors (Lipinski definition) is 1. The lowest BCUT2D eigenvalue weighted by Gasteiger charge is -2.17. The number of sulfone groups is 1. The first-order valence-electron chi connectivity index (χ1n) is 8.34. The monoisotopic (exact) mass is 418 g/mol. The zero-order chi connectivity index (χ0) is 21.0. The summed E-state index contributed by atoms with van der Waals surface area (Å²) in [5.41, 5.74) is -0.0399. The predicted octanol–water partition coefficient (Wildman–Crippen LogP) is 3.27. The van der Waals surface area contributed by atoms with E-state index in [1.165, 1.54) is 42.7 Å². The molecule has 1 unspecified atom stereocenters. The molecular formula is C19H15FN2O6S. The second-order valence-corrected chi connectivity index (χ2v) is 8.15. The summed E-state index contributed by atoms with van der Waals surface area (Å²) in [6.07, 6.45) is 1.31. The third-order valence-electron chi connectivity index (χ3n) is 4.17. The fourth-order valence-corrected chi connectivity index (χ4v) is 4.23. The van der Waals surface area contributed by atoms with Gasteiger partial charge in [-0.2, -0.15) is 0 Å². The van der Waals surface area contributed by atoms with Crippen molar-refractivity contribution in [2.45, 2.75) is 10.1 Å². The second kappa shape index (κ2) is 8.23. The Morgan fingerprint density at radius 3 is 2.31 bits per heavy atom. The van der Waals surface area contributed by atoms with E-state index in [1.54, 1.807) is 0 Å². The quantitative estimate of drug-likeness (QED) is 0.357. The van der Waals surface area contributed by atoms with Gasteiger partial charge in [-0.15, -0.1) is 0 Å². The number of halogens is 1. The van der Waals surface area contributed by atoms with Crippen molar-refractivity contribution in [3.05, 3.63) is 94.2 Å². The van der Waals surface area contributed by atoms with Gasteiger partial charge in [-0.3, -0.25) is 14.9 Å². The highest BCUT2D eigenvalue weighted by Gasteiger charge is 2.32. The highest BCUT2D eigenvalue weighted by Crippen LogP contribution is 2.29. The number of carbonyl (C=O) groups is 1. The Hall–Kier alpha value is -3.53. The van der Waals surface area contributed by atoms with Gasteiger partial charge in [0.05, 0.1) is 16.1 Å². The minimum atomic E-state index is -4.00. The number of nitrogens with zero attached hydrogens (tertiary/aromatic N) is 1. The molecule has 1 atom stereocenters. The van der Waals surface area contributed by atoms with Gasteiger partial charge in [0.1, 0.15) is 16.8 Å². The largest absolute Gasteiger partial charge is 0.468 e. The van der Waals surface area contributed by atoms with Gasteiger partial charge in [0, 0.05) is 24.2 Å². The van der Waals surface area contributed by atoms with Gasteiger partial charge in [-0.1, -0.05) is 0 Å². The molecule has 0 saturated carbocycles. The third kappa shape index (κ3) is 4.49. The first kappa shape index (κ1) is 20.2. The van der Waals surface area contributed by atoms with E-state index in [0.29, 0.717) is 0 Å². The Morgan fingerprint density at radius 1 is 1.10 bits per heavy atom. The van der Waals surface area contributed by atoms with Crippen LogP contribution in [0.2, 0.25) is 0 Å². The zero-order valence-electron chi connectivity index (χ0n) is 14.8. The number of furan rings is 1. The highest BCUT2D eigenvalue weighted by molar-refractivity contribution is 7.91. The Bertz CT molecular complexity index is 1110. The van der Waals surface area contributed by atoms with Crippen molar-refractivity contribution in [3.8, 4) is 0 Å². The number of benzene rings is 2. The summed E-state index contributed by atoms with van der Waals surface area (Å²) in [5, 5.41) is 12.0. The van der Waals surface area contributed by atoms with Crippen molar-refractivity contribution >= 4 is 21.4 Å². The first-order chi connectivity index (χ1) is 13.8. The van der Waals surface area contributed by atoms with Crippen LogP contribution in [0, 0.1) is 15.9 Å². The van der Waals surface area contributed by atoms with Crippen LogP contribution in [0.4, 0.5) is 10.1 Å². The van der Waals surface area contributed by atoms with Crippen LogP contribution in [0.1, 0.15) is 21.4 Å². The average molecular weight is 418 g/mol. The number of nitro benzene ring substituents is 1. The van der Waals surface area contributed by atoms with Crippen molar-refractivity contribution in [1.82, 2.24) is 5.32 Å². The summed E-state index contributed by atoms with van der Waals surface area (Å²) in [4.78, 5) is 22.3. The molecule has 0 spiro atoms. The summed E-state index contributed by atoms with van der Waals surface area (Å²) < 4.78 is 44.4. The topological polar surface area (TPSA) is 120 Å². The van der Waals surface area contributed by atoms with Crippen molar-refractivity contribution in [3.63, 3.8) is 0 Å². The fraction of sp³-hybridized carbons (Fsp3) is 0.105. The van der Waals surface area contributed by atoms with Crippen molar-refractivity contribution in [2.75, 3.05) is 6.54 Å². The molecule has 1 heterocycles. The molecule has 10 heteroatoms. The molecule has 0 aliphatic heterocycles. The lowest BCUT2D eigenvalue weighted by Crippen LogP contribution is -2.31. The molecule has 0 aliphatic carbocycles. The lowest BCUT2D eigenvalue weighted by atomic mass is 10.2. The van der Waals surface area contributed by atoms with Gasteiger partial charge in [0.2, 0.25) is 0 Å². The number of hydrogen-bond acceptors (Lipinski definition) is 6. The van der Waals surface area contributed by atoms with Crippen LogP contribution < -0.4 is 5.32 Å². The van der Waals surface area contributed by atoms with Crippen LogP contribution in [0.3, 0.4) is 0 Å². The average Bonchev–Trinajstić information content (AvgIpc) is 3.22. The maximum absolute atomic E-state index is 13.2. The van der Waals surface area contributed by atoms with E-state index in [0.717, 1.165) is 24.3 Å². The minimum absolute atomic E-state index is 0.110. The molecule has 29 heavy (non-hydrogen) atoms. The standard InChI is InChI=1S/C19H15FN2O6S/c20-14-5-9-16(10-6-14)29(26,27)18(17-2-1-11-28-17)12-21-19(23)13-3-7-15(8-4-13)22(24)25/h1-11,18H,12H2,(H,21,23). The number of nitrogens with one attached hydrogen (secondary N) is 1. The summed E-state index contributed by atoms with van der Waals surface area (Å²) >= 11 is 0. The molecule has 150 valence electrons. The summed E-state index contributed by atoms with van der Waals surface area (Å²) in [7, 11) is -4.00. The molecule has 1 aromatic heterocycles. The molecule has 0 aliphatic rings. The Morgan fingerprint density at radius 2 is 1.76 bits per heavy atom. The highest BCUT2D eigenvalue weighted by atomic mass is 32.2. The molecule has 1 amide bonds. The summed E-state index contributed by atoms with van der Waals surface area (Å²) in [6, 6.07) is 12.2. The van der Waals surface area contributed by atoms with Crippen molar-refractivity contribution in [1.29, 1.82) is 0 Å². The SMILES string of the molecule is O=C(NCC(c1ccco1)S(=O)(=O)c1ccc(F)cc1)c1ccc([N+](=O)[O-])cc1. The van der Waals surface area contributed by atoms with Crippen LogP contribution in [0.15, 0.2) is 76.2 Å². The summed E-state index contributed by atoms with van der Waals surface area (Å²) in [6.45, 7) is -0.316. The van der Waals surface area contributed by atoms with Gasteiger partial charge >= 0.3 is 0 Å². The van der Waals surface area contributed by atoms with E-state index in [4.69, 9.17) is 4.42 Å². The molecule has 3 rings (SSSR count). The van der Waals surface area contributed by atoms with E-state index < -0.39 is 31.7 Å². The van der Waals surface area contributed by atoms with Gasteiger partial charge < -0.3 is 9.73 Å². The van der Waals surface area contributed by atoms with Gasteiger partial charge in [0.25, 0.3) is 11.6 Å². The molecule has 8 nitrogen and oxygen atoms in total. The molecule has 0 saturated heterocycles. The van der Waals surface area contributed by atoms with Crippen LogP contribution in [0.5, 0.6) is 0 Å². The van der Waals surface area contributed by atoms with Crippen LogP contribution in [-0.4, -0.2) is 25.8 Å². The molecular weight excluding hydrogens is 403 g/mol. The number of non-ortho nitro benzene ring substituents is 1. The molecule has 3 aromatic rings. The van der Waals surface area contributed by atoms with Gasteiger partial charge in [-0.05, 0) is 48.5 Å². The summed E-state index contributed by atoms with van der Waals surface area (Å²) in [5.74, 6) is -1.07. The van der Waals surface area contributed by atoms with E-state index in [9.17, 15) is 27.7 Å². The molecule has 2 aromatic carbocycles. The first-order valence-corrected chi connectivity index (χ1v) is 9.89. The number of nitro groups is 1. The van der Waals surface area contributed by atoms with Crippen molar-refractivity contribution < 1.29 is 26.9 Å². The van der Waals surface area contributed by atoms with E-state index >= 15 is 0 Å². The minimum Gasteiger partial charge on any atom is -0.468 e. The Labute approximate surface area is 165 Å². The fourth-order valence-electron chi connectivity index (χ4n) is 2.65. The van der Waals surface area contributed by atoms with E-state index in [-0.39, 0.29) is 28.5 Å². The molecule has 0 bridgehead atoms. The normalized spacial score (nSPS) is 12.3. The Balaban J connectivity index is 1.82. The zero-order valence-corrected chi connectivity index (χ0v) is 15.6. The van der Waals surface area contributed by atoms with Crippen LogP contribution in [0.25, 0.3) is 0 Å². The molecule has 0 radical (unpaired) electrons. The molecule has 1 N–H and O–H groups in total. The smallest absolute Gasteiger partial charge is 0.269 e. The lowest BCUT2D eigenvalue weighted by molar-refractivity contribution is -0.384. The second-order valence-electron chi connectivity index (χ2n) is 6.02. The van der Waals surface area contributed by atoms with Crippen molar-refractivity contribution in [2.24, 2.45) is 0 Å². The van der Waals surface area contributed by atoms with Crippen LogP contribution in [-0.2, 0) is 9.84 Å². The third-order valence-corrected chi connectivity index (χ3v) is 6.24. The maximum atomic E-state index is 13.2. The predicted molar refractivity (Wildman–Crippen MR) is 100 cm³/mol. The maximum Gasteiger partial charge on any atom is 0.269 e. The van der Waals surface area contributed by atoms with Gasteiger partial charge in [-0.25, -0.2) is 12.8 Å². The van der Waals surface area contributed by atoms with E-state index in [1.807, 2.05) is 0 Å². The number of carbonyl (C=O) groups excluding carboxylic acids is 1. The molecule has 0 fully saturated rings. The Kier molecular flexibility index (Phi) is 5.74. The van der Waals surface area contributed by atoms with Crippen LogP contribution >= 0.6 is 0 Å². The van der Waals surface area contributed by atoms with E-state index in [2.05, 4.69) is 5.32 Å². The van der Waals surface area contributed by atoms with Gasteiger partial charge in [0.15, 0.2) is 9.84 Å². The number of amides is 1. The number of rotatable bonds is 7.